The van der Waals surface area contributed by atoms with Crippen LogP contribution in [0.1, 0.15) is 30.1 Å². The maximum absolute atomic E-state index is 12.3. The zero-order valence-electron chi connectivity index (χ0n) is 13.0. The van der Waals surface area contributed by atoms with Gasteiger partial charge in [-0.1, -0.05) is 0 Å². The third-order valence-electron chi connectivity index (χ3n) is 4.25. The Morgan fingerprint density at radius 3 is 3.36 bits per heavy atom. The summed E-state index contributed by atoms with van der Waals surface area (Å²) in [6.45, 7) is 5.70. The molecular formula is C16H23N3O3. The van der Waals surface area contributed by atoms with Crippen molar-refractivity contribution in [2.24, 2.45) is 0 Å². The summed E-state index contributed by atoms with van der Waals surface area (Å²) in [5.41, 5.74) is 0.471. The van der Waals surface area contributed by atoms with E-state index in [1.54, 1.807) is 18.3 Å². The molecule has 120 valence electrons. The number of ether oxygens (including phenoxy) is 2. The third kappa shape index (κ3) is 3.39. The fourth-order valence-corrected chi connectivity index (χ4v) is 3.13. The van der Waals surface area contributed by atoms with Crippen molar-refractivity contribution >= 4 is 5.91 Å². The lowest BCUT2D eigenvalue weighted by Gasteiger charge is -2.35. The van der Waals surface area contributed by atoms with Crippen molar-refractivity contribution < 1.29 is 14.3 Å². The van der Waals surface area contributed by atoms with E-state index >= 15 is 0 Å². The molecule has 2 aliphatic rings. The lowest BCUT2D eigenvalue weighted by molar-refractivity contribution is -0.0462. The van der Waals surface area contributed by atoms with Crippen molar-refractivity contribution in [1.82, 2.24) is 15.2 Å². The lowest BCUT2D eigenvalue weighted by Crippen LogP contribution is -2.50. The average molecular weight is 305 g/mol. The number of fused-ring (bicyclic) bond motifs is 1. The molecule has 0 bridgehead atoms. The highest BCUT2D eigenvalue weighted by molar-refractivity contribution is 5.96. The van der Waals surface area contributed by atoms with Crippen LogP contribution >= 0.6 is 0 Å². The minimum Gasteiger partial charge on any atom is -0.477 e. The molecule has 2 fully saturated rings. The molecule has 0 radical (unpaired) electrons. The quantitative estimate of drug-likeness (QED) is 0.882. The van der Waals surface area contributed by atoms with E-state index in [0.717, 1.165) is 19.7 Å². The number of nitrogens with zero attached hydrogens (tertiary/aromatic N) is 2. The van der Waals surface area contributed by atoms with Gasteiger partial charge < -0.3 is 14.8 Å². The Morgan fingerprint density at radius 1 is 1.59 bits per heavy atom. The molecule has 3 heterocycles. The van der Waals surface area contributed by atoms with Crippen LogP contribution in [0.2, 0.25) is 0 Å². The summed E-state index contributed by atoms with van der Waals surface area (Å²) in [5.74, 6) is 0.218. The number of rotatable bonds is 5. The van der Waals surface area contributed by atoms with E-state index < -0.39 is 0 Å². The highest BCUT2D eigenvalue weighted by Crippen LogP contribution is 2.22. The van der Waals surface area contributed by atoms with E-state index in [1.165, 1.54) is 12.8 Å². The van der Waals surface area contributed by atoms with Gasteiger partial charge in [-0.25, -0.2) is 4.98 Å². The molecule has 0 saturated carbocycles. The van der Waals surface area contributed by atoms with Gasteiger partial charge in [-0.3, -0.25) is 9.69 Å². The summed E-state index contributed by atoms with van der Waals surface area (Å²) >= 11 is 0. The van der Waals surface area contributed by atoms with Crippen molar-refractivity contribution in [2.45, 2.75) is 31.9 Å². The number of amides is 1. The Kier molecular flexibility index (Phi) is 4.90. The second kappa shape index (κ2) is 7.07. The fraction of sp³-hybridized carbons (Fsp3) is 0.625. The van der Waals surface area contributed by atoms with Crippen LogP contribution in [0.5, 0.6) is 5.88 Å². The average Bonchev–Trinajstić information content (AvgIpc) is 3.01. The van der Waals surface area contributed by atoms with E-state index in [1.807, 2.05) is 6.92 Å². The highest BCUT2D eigenvalue weighted by atomic mass is 16.5. The summed E-state index contributed by atoms with van der Waals surface area (Å²) in [6, 6.07) is 4.05. The van der Waals surface area contributed by atoms with Crippen LogP contribution in [0.4, 0.5) is 0 Å². The summed E-state index contributed by atoms with van der Waals surface area (Å²) in [4.78, 5) is 18.9. The van der Waals surface area contributed by atoms with Crippen molar-refractivity contribution in [3.05, 3.63) is 23.9 Å². The summed E-state index contributed by atoms with van der Waals surface area (Å²) in [7, 11) is 0. The molecule has 0 spiro atoms. The van der Waals surface area contributed by atoms with Gasteiger partial charge in [-0.05, 0) is 38.4 Å². The van der Waals surface area contributed by atoms with Crippen LogP contribution in [0.3, 0.4) is 0 Å². The second-order valence-corrected chi connectivity index (χ2v) is 5.75. The van der Waals surface area contributed by atoms with Crippen molar-refractivity contribution in [1.29, 1.82) is 0 Å². The van der Waals surface area contributed by atoms with Crippen LogP contribution in [0.25, 0.3) is 0 Å². The van der Waals surface area contributed by atoms with Crippen molar-refractivity contribution in [3.63, 3.8) is 0 Å². The SMILES string of the molecule is CCOc1ncccc1C(=O)NC[C@@H]1CN2CCC[C@H]2CO1. The minimum atomic E-state index is -0.163. The lowest BCUT2D eigenvalue weighted by atomic mass is 10.2. The number of aromatic nitrogens is 1. The molecule has 2 aliphatic heterocycles. The van der Waals surface area contributed by atoms with Crippen molar-refractivity contribution in [2.75, 3.05) is 32.8 Å². The highest BCUT2D eigenvalue weighted by Gasteiger charge is 2.32. The number of nitrogens with one attached hydrogen (secondary N) is 1. The zero-order valence-corrected chi connectivity index (χ0v) is 13.0. The first-order chi connectivity index (χ1) is 10.8. The number of hydrogen-bond donors (Lipinski definition) is 1. The maximum Gasteiger partial charge on any atom is 0.256 e. The van der Waals surface area contributed by atoms with Crippen LogP contribution in [0.15, 0.2) is 18.3 Å². The largest absolute Gasteiger partial charge is 0.477 e. The van der Waals surface area contributed by atoms with Gasteiger partial charge in [0.1, 0.15) is 5.56 Å². The molecule has 22 heavy (non-hydrogen) atoms. The summed E-state index contributed by atoms with van der Waals surface area (Å²) in [5, 5.41) is 2.94. The molecule has 6 heteroatoms. The van der Waals surface area contributed by atoms with Gasteiger partial charge in [0, 0.05) is 25.3 Å². The van der Waals surface area contributed by atoms with Gasteiger partial charge in [0.15, 0.2) is 0 Å². The second-order valence-electron chi connectivity index (χ2n) is 5.75. The molecule has 3 rings (SSSR count). The molecule has 2 saturated heterocycles. The molecule has 0 aliphatic carbocycles. The van der Waals surface area contributed by atoms with Gasteiger partial charge in [0.05, 0.1) is 19.3 Å². The molecule has 1 N–H and O–H groups in total. The Labute approximate surface area is 130 Å². The topological polar surface area (TPSA) is 63.7 Å². The van der Waals surface area contributed by atoms with Gasteiger partial charge in [-0.15, -0.1) is 0 Å². The fourth-order valence-electron chi connectivity index (χ4n) is 3.13. The van der Waals surface area contributed by atoms with Crippen LogP contribution in [-0.2, 0) is 4.74 Å². The van der Waals surface area contributed by atoms with Gasteiger partial charge in [0.2, 0.25) is 5.88 Å². The molecule has 0 aromatic carbocycles. The molecular weight excluding hydrogens is 282 g/mol. The molecule has 1 amide bonds. The molecule has 6 nitrogen and oxygen atoms in total. The van der Waals surface area contributed by atoms with Gasteiger partial charge in [-0.2, -0.15) is 0 Å². The predicted octanol–water partition coefficient (Wildman–Crippen LogP) is 1.07. The molecule has 0 unspecified atom stereocenters. The van der Waals surface area contributed by atoms with Gasteiger partial charge in [0.25, 0.3) is 5.91 Å². The van der Waals surface area contributed by atoms with E-state index in [-0.39, 0.29) is 12.0 Å². The Morgan fingerprint density at radius 2 is 2.50 bits per heavy atom. The molecule has 1 aromatic heterocycles. The van der Waals surface area contributed by atoms with Crippen molar-refractivity contribution in [3.8, 4) is 5.88 Å². The maximum atomic E-state index is 12.3. The number of carbonyl (C=O) groups is 1. The van der Waals surface area contributed by atoms with Gasteiger partial charge >= 0.3 is 0 Å². The van der Waals surface area contributed by atoms with Crippen LogP contribution in [0, 0.1) is 0 Å². The Balaban J connectivity index is 1.54. The number of carbonyl (C=O) groups excluding carboxylic acids is 1. The number of morpholine rings is 1. The smallest absolute Gasteiger partial charge is 0.256 e. The van der Waals surface area contributed by atoms with E-state index in [0.29, 0.717) is 30.6 Å². The first-order valence-corrected chi connectivity index (χ1v) is 7.99. The molecule has 1 aromatic rings. The minimum absolute atomic E-state index is 0.0607. The summed E-state index contributed by atoms with van der Waals surface area (Å²) in [6.07, 6.45) is 4.16. The standard InChI is InChI=1S/C16H23N3O3/c1-2-21-16-14(6-3-7-17-16)15(20)18-9-13-10-19-8-4-5-12(19)11-22-13/h3,6-7,12-13H,2,4-5,8-11H2,1H3,(H,18,20)/t12-,13+/m0/s1. The normalized spacial score (nSPS) is 24.8. The Hall–Kier alpha value is -1.66. The predicted molar refractivity (Wildman–Crippen MR) is 82.1 cm³/mol. The first kappa shape index (κ1) is 15.2. The van der Waals surface area contributed by atoms with E-state index in [9.17, 15) is 4.79 Å². The number of pyridine rings is 1. The van der Waals surface area contributed by atoms with Crippen LogP contribution < -0.4 is 10.1 Å². The first-order valence-electron chi connectivity index (χ1n) is 7.99. The number of hydrogen-bond acceptors (Lipinski definition) is 5. The van der Waals surface area contributed by atoms with E-state index in [4.69, 9.17) is 9.47 Å². The summed E-state index contributed by atoms with van der Waals surface area (Å²) < 4.78 is 11.2. The van der Waals surface area contributed by atoms with Crippen LogP contribution in [-0.4, -0.2) is 60.8 Å². The third-order valence-corrected chi connectivity index (χ3v) is 4.25. The monoisotopic (exact) mass is 305 g/mol. The van der Waals surface area contributed by atoms with E-state index in [2.05, 4.69) is 15.2 Å². The molecule has 2 atom stereocenters. The Bertz CT molecular complexity index is 523. The zero-order chi connectivity index (χ0) is 15.4.